The van der Waals surface area contributed by atoms with Crippen LogP contribution in [0.3, 0.4) is 0 Å². The maximum absolute atomic E-state index is 12.1. The fourth-order valence-electron chi connectivity index (χ4n) is 3.81. The van der Waals surface area contributed by atoms with Gasteiger partial charge in [0.05, 0.1) is 0 Å². The van der Waals surface area contributed by atoms with Crippen LogP contribution >= 0.6 is 11.3 Å². The normalized spacial score (nSPS) is 21.8. The lowest BCUT2D eigenvalue weighted by Gasteiger charge is -2.31. The minimum absolute atomic E-state index is 0.290. The van der Waals surface area contributed by atoms with Crippen LogP contribution in [0.25, 0.3) is 0 Å². The average molecular weight is 321 g/mol. The molecule has 22 heavy (non-hydrogen) atoms. The third-order valence-corrected chi connectivity index (χ3v) is 6.27. The fourth-order valence-corrected chi connectivity index (χ4v) is 4.71. The van der Waals surface area contributed by atoms with Crippen LogP contribution in [0, 0.1) is 5.92 Å². The summed E-state index contributed by atoms with van der Waals surface area (Å²) in [7, 11) is 0. The van der Waals surface area contributed by atoms with Crippen molar-refractivity contribution in [3.8, 4) is 0 Å². The first-order valence-electron chi connectivity index (χ1n) is 8.86. The standard InChI is InChI=1S/C18H28N2OS/c21-18(16-5-2-1-3-6-16)19-10-13-20-11-8-15(9-12-20)17-7-4-14-22-17/h4,7,14-16H,1-3,5-6,8-13H2,(H,19,21). The number of nitrogens with one attached hydrogen (secondary N) is 1. The van der Waals surface area contributed by atoms with Gasteiger partial charge in [0.2, 0.25) is 5.91 Å². The van der Waals surface area contributed by atoms with Crippen LogP contribution in [-0.4, -0.2) is 37.0 Å². The molecule has 1 N–H and O–H groups in total. The van der Waals surface area contributed by atoms with Crippen molar-refractivity contribution in [1.29, 1.82) is 0 Å². The molecule has 0 radical (unpaired) electrons. The molecule has 1 saturated carbocycles. The number of carbonyl (C=O) groups excluding carboxylic acids is 1. The van der Waals surface area contributed by atoms with E-state index < -0.39 is 0 Å². The predicted molar refractivity (Wildman–Crippen MR) is 92.3 cm³/mol. The third-order valence-electron chi connectivity index (χ3n) is 5.24. The second-order valence-electron chi connectivity index (χ2n) is 6.76. The number of hydrogen-bond donors (Lipinski definition) is 1. The second kappa shape index (κ2) is 8.11. The van der Waals surface area contributed by atoms with Gasteiger partial charge in [-0.25, -0.2) is 0 Å². The topological polar surface area (TPSA) is 32.3 Å². The Bertz CT molecular complexity index is 446. The molecule has 0 atom stereocenters. The first-order valence-corrected chi connectivity index (χ1v) is 9.74. The minimum atomic E-state index is 0.290. The van der Waals surface area contributed by atoms with E-state index in [9.17, 15) is 4.79 Å². The Kier molecular flexibility index (Phi) is 5.90. The van der Waals surface area contributed by atoms with E-state index in [2.05, 4.69) is 27.7 Å². The van der Waals surface area contributed by atoms with Gasteiger partial charge in [-0.05, 0) is 56.1 Å². The molecule has 0 aromatic carbocycles. The maximum atomic E-state index is 12.1. The third kappa shape index (κ3) is 4.32. The summed E-state index contributed by atoms with van der Waals surface area (Å²) >= 11 is 1.89. The lowest BCUT2D eigenvalue weighted by molar-refractivity contribution is -0.125. The van der Waals surface area contributed by atoms with Crippen molar-refractivity contribution in [2.24, 2.45) is 5.92 Å². The minimum Gasteiger partial charge on any atom is -0.355 e. The first kappa shape index (κ1) is 16.0. The van der Waals surface area contributed by atoms with Gasteiger partial charge in [0.1, 0.15) is 0 Å². The van der Waals surface area contributed by atoms with Gasteiger partial charge in [0, 0.05) is 23.9 Å². The number of nitrogens with zero attached hydrogens (tertiary/aromatic N) is 1. The summed E-state index contributed by atoms with van der Waals surface area (Å²) in [6.07, 6.45) is 8.48. The number of carbonyl (C=O) groups is 1. The highest BCUT2D eigenvalue weighted by atomic mass is 32.1. The van der Waals surface area contributed by atoms with Crippen LogP contribution < -0.4 is 5.32 Å². The quantitative estimate of drug-likeness (QED) is 0.898. The van der Waals surface area contributed by atoms with Gasteiger partial charge in [0.25, 0.3) is 0 Å². The van der Waals surface area contributed by atoms with Crippen molar-refractivity contribution in [1.82, 2.24) is 10.2 Å². The first-order chi connectivity index (χ1) is 10.8. The molecule has 2 fully saturated rings. The summed E-state index contributed by atoms with van der Waals surface area (Å²) in [4.78, 5) is 16.2. The molecule has 1 amide bonds. The molecule has 2 aliphatic rings. The molecule has 1 aliphatic heterocycles. The molecule has 1 aliphatic carbocycles. The smallest absolute Gasteiger partial charge is 0.223 e. The van der Waals surface area contributed by atoms with Crippen LogP contribution in [0.4, 0.5) is 0 Å². The summed E-state index contributed by atoms with van der Waals surface area (Å²) < 4.78 is 0. The number of thiophene rings is 1. The molecular weight excluding hydrogens is 292 g/mol. The summed E-state index contributed by atoms with van der Waals surface area (Å²) in [5.74, 6) is 1.35. The Morgan fingerprint density at radius 2 is 1.95 bits per heavy atom. The molecule has 0 unspecified atom stereocenters. The van der Waals surface area contributed by atoms with Gasteiger partial charge in [-0.1, -0.05) is 25.3 Å². The summed E-state index contributed by atoms with van der Waals surface area (Å²) in [6.45, 7) is 4.17. The van der Waals surface area contributed by atoms with Crippen molar-refractivity contribution in [3.05, 3.63) is 22.4 Å². The lowest BCUT2D eigenvalue weighted by atomic mass is 9.89. The molecule has 1 saturated heterocycles. The molecule has 3 rings (SSSR count). The zero-order chi connectivity index (χ0) is 15.2. The zero-order valence-electron chi connectivity index (χ0n) is 13.4. The molecule has 4 heteroatoms. The fraction of sp³-hybridized carbons (Fsp3) is 0.722. The molecule has 122 valence electrons. The van der Waals surface area contributed by atoms with Crippen LogP contribution in [0.5, 0.6) is 0 Å². The maximum Gasteiger partial charge on any atom is 0.223 e. The van der Waals surface area contributed by atoms with Gasteiger partial charge >= 0.3 is 0 Å². The highest BCUT2D eigenvalue weighted by Gasteiger charge is 2.22. The Balaban J connectivity index is 1.32. The van der Waals surface area contributed by atoms with E-state index in [1.54, 1.807) is 4.88 Å². The van der Waals surface area contributed by atoms with E-state index in [-0.39, 0.29) is 0 Å². The van der Waals surface area contributed by atoms with E-state index in [1.165, 1.54) is 45.2 Å². The van der Waals surface area contributed by atoms with Crippen molar-refractivity contribution in [3.63, 3.8) is 0 Å². The molecule has 1 aromatic heterocycles. The highest BCUT2D eigenvalue weighted by Crippen LogP contribution is 2.30. The molecule has 1 aromatic rings. The van der Waals surface area contributed by atoms with Crippen LogP contribution in [0.1, 0.15) is 55.7 Å². The van der Waals surface area contributed by atoms with E-state index in [4.69, 9.17) is 0 Å². The van der Waals surface area contributed by atoms with E-state index >= 15 is 0 Å². The zero-order valence-corrected chi connectivity index (χ0v) is 14.2. The van der Waals surface area contributed by atoms with Crippen LogP contribution in [-0.2, 0) is 4.79 Å². The number of piperidine rings is 1. The summed E-state index contributed by atoms with van der Waals surface area (Å²) in [5.41, 5.74) is 0. The molecule has 2 heterocycles. The molecule has 3 nitrogen and oxygen atoms in total. The van der Waals surface area contributed by atoms with Gasteiger partial charge in [0.15, 0.2) is 0 Å². The van der Waals surface area contributed by atoms with Crippen LogP contribution in [0.15, 0.2) is 17.5 Å². The predicted octanol–water partition coefficient (Wildman–Crippen LogP) is 3.62. The highest BCUT2D eigenvalue weighted by molar-refractivity contribution is 7.10. The Labute approximate surface area is 138 Å². The Morgan fingerprint density at radius 3 is 2.64 bits per heavy atom. The Morgan fingerprint density at radius 1 is 1.18 bits per heavy atom. The van der Waals surface area contributed by atoms with Crippen molar-refractivity contribution in [2.75, 3.05) is 26.2 Å². The van der Waals surface area contributed by atoms with Crippen LogP contribution in [0.2, 0.25) is 0 Å². The van der Waals surface area contributed by atoms with Crippen molar-refractivity contribution < 1.29 is 4.79 Å². The largest absolute Gasteiger partial charge is 0.355 e. The lowest BCUT2D eigenvalue weighted by Crippen LogP contribution is -2.40. The summed E-state index contributed by atoms with van der Waals surface area (Å²) in [5, 5.41) is 5.34. The second-order valence-corrected chi connectivity index (χ2v) is 7.74. The van der Waals surface area contributed by atoms with E-state index in [0.29, 0.717) is 11.8 Å². The number of rotatable bonds is 5. The summed E-state index contributed by atoms with van der Waals surface area (Å²) in [6, 6.07) is 4.43. The SMILES string of the molecule is O=C(NCCN1CCC(c2cccs2)CC1)C1CCCCC1. The molecular formula is C18H28N2OS. The number of likely N-dealkylation sites (tertiary alicyclic amines) is 1. The number of hydrogen-bond acceptors (Lipinski definition) is 3. The van der Waals surface area contributed by atoms with Gasteiger partial charge in [-0.2, -0.15) is 0 Å². The molecule has 0 bridgehead atoms. The Hall–Kier alpha value is -0.870. The van der Waals surface area contributed by atoms with Crippen molar-refractivity contribution >= 4 is 17.2 Å². The van der Waals surface area contributed by atoms with Gasteiger partial charge in [-0.3, -0.25) is 4.79 Å². The number of amides is 1. The molecule has 0 spiro atoms. The van der Waals surface area contributed by atoms with Gasteiger partial charge < -0.3 is 10.2 Å². The van der Waals surface area contributed by atoms with Gasteiger partial charge in [-0.15, -0.1) is 11.3 Å². The van der Waals surface area contributed by atoms with E-state index in [1.807, 2.05) is 11.3 Å². The van der Waals surface area contributed by atoms with Crippen molar-refractivity contribution in [2.45, 2.75) is 50.9 Å². The average Bonchev–Trinajstić information content (AvgIpc) is 3.11. The monoisotopic (exact) mass is 320 g/mol. The van der Waals surface area contributed by atoms with E-state index in [0.717, 1.165) is 31.8 Å².